The van der Waals surface area contributed by atoms with E-state index in [2.05, 4.69) is 19.7 Å². The molecule has 1 aliphatic heterocycles. The van der Waals surface area contributed by atoms with E-state index >= 15 is 0 Å². The maximum atomic E-state index is 14.3. The summed E-state index contributed by atoms with van der Waals surface area (Å²) in [6, 6.07) is 5.66. The molecule has 2 unspecified atom stereocenters. The highest BCUT2D eigenvalue weighted by Crippen LogP contribution is 2.22. The van der Waals surface area contributed by atoms with E-state index in [1.807, 2.05) is 32.6 Å². The molecule has 0 amide bonds. The third kappa shape index (κ3) is 7.55. The average molecular weight is 479 g/mol. The summed E-state index contributed by atoms with van der Waals surface area (Å²) in [6.45, 7) is 6.03. The summed E-state index contributed by atoms with van der Waals surface area (Å²) in [7, 11) is 0. The number of hydrogen-bond acceptors (Lipinski definition) is 7. The van der Waals surface area contributed by atoms with Gasteiger partial charge in [-0.05, 0) is 37.6 Å². The molecule has 1 aromatic heterocycles. The molecule has 1 saturated heterocycles. The van der Waals surface area contributed by atoms with Gasteiger partial charge in [-0.1, -0.05) is 26.0 Å². The summed E-state index contributed by atoms with van der Waals surface area (Å²) in [5, 5.41) is 7.61. The summed E-state index contributed by atoms with van der Waals surface area (Å²) in [5.74, 6) is -0.781. The molecule has 0 radical (unpaired) electrons. The highest BCUT2D eigenvalue weighted by atomic mass is 19.3. The number of aromatic nitrogens is 2. The molecule has 2 atom stereocenters. The van der Waals surface area contributed by atoms with E-state index in [4.69, 9.17) is 15.9 Å². The summed E-state index contributed by atoms with van der Waals surface area (Å²) < 4.78 is 48.8. The molecule has 0 bridgehead atoms. The molecule has 8 nitrogen and oxygen atoms in total. The number of nitrogens with two attached hydrogens (primary N) is 1. The minimum absolute atomic E-state index is 0.0166. The molecule has 1 aromatic carbocycles. The normalized spacial score (nSPS) is 18.9. The molecule has 2 aromatic rings. The Bertz CT molecular complexity index is 1000. The third-order valence-corrected chi connectivity index (χ3v) is 4.52. The van der Waals surface area contributed by atoms with E-state index in [1.54, 1.807) is 0 Å². The minimum atomic E-state index is -2.93. The smallest absolute Gasteiger partial charge is 0.387 e. The standard InChI is InChI=1S/C21H23F3N6O2.C2H6/c1-12-10-30(11-13(2)31-12)21-27-9-17(22)19(29-21)28-18(26)7-15(8-25)14-3-5-16(6-4-14)32-20(23)24;1-2/h3-9,12-13,20,25H,10-11H2,1-2H3,(H2,26,27,28,29);1-2H3/b15-7+,25-8?;. The Hall–Kier alpha value is -3.47. The molecule has 3 rings (SSSR count). The fraction of sp³-hybridized carbons (Fsp3) is 0.391. The van der Waals surface area contributed by atoms with Gasteiger partial charge in [0.15, 0.2) is 11.6 Å². The number of anilines is 1. The second-order valence-electron chi connectivity index (χ2n) is 7.19. The minimum Gasteiger partial charge on any atom is -0.435 e. The van der Waals surface area contributed by atoms with E-state index in [-0.39, 0.29) is 29.6 Å². The number of morpholine rings is 1. The predicted molar refractivity (Wildman–Crippen MR) is 127 cm³/mol. The predicted octanol–water partition coefficient (Wildman–Crippen LogP) is 4.58. The van der Waals surface area contributed by atoms with Gasteiger partial charge in [-0.15, -0.1) is 0 Å². The molecule has 0 saturated carbocycles. The lowest BCUT2D eigenvalue weighted by Gasteiger charge is -2.35. The summed E-state index contributed by atoms with van der Waals surface area (Å²) in [5.41, 5.74) is 6.79. The number of halogens is 3. The van der Waals surface area contributed by atoms with Gasteiger partial charge in [-0.3, -0.25) is 0 Å². The number of rotatable bonds is 7. The SMILES string of the molecule is CC.CC1CN(c2ncc(F)c(N=C(N)/C=C(\C=N)c3ccc(OC(F)F)cc3)n2)CC(C)O1. The van der Waals surface area contributed by atoms with Crippen LogP contribution in [-0.4, -0.2) is 53.9 Å². The molecule has 11 heteroatoms. The second-order valence-corrected chi connectivity index (χ2v) is 7.19. The molecule has 184 valence electrons. The Kier molecular flexibility index (Phi) is 9.99. The number of benzene rings is 1. The first kappa shape index (κ1) is 26.8. The number of nitrogens with one attached hydrogen (secondary N) is 1. The average Bonchev–Trinajstić information content (AvgIpc) is 2.80. The molecular weight excluding hydrogens is 449 g/mol. The number of allylic oxidation sites excluding steroid dienone is 1. The molecule has 1 fully saturated rings. The lowest BCUT2D eigenvalue weighted by Crippen LogP contribution is -2.46. The van der Waals surface area contributed by atoms with Gasteiger partial charge in [-0.25, -0.2) is 14.4 Å². The van der Waals surface area contributed by atoms with Crippen LogP contribution in [0.4, 0.5) is 24.9 Å². The van der Waals surface area contributed by atoms with E-state index in [9.17, 15) is 13.2 Å². The van der Waals surface area contributed by atoms with Crippen molar-refractivity contribution in [1.29, 1.82) is 5.41 Å². The van der Waals surface area contributed by atoms with Crippen molar-refractivity contribution in [3.05, 3.63) is 47.9 Å². The van der Waals surface area contributed by atoms with Crippen molar-refractivity contribution < 1.29 is 22.6 Å². The zero-order chi connectivity index (χ0) is 25.3. The van der Waals surface area contributed by atoms with Crippen LogP contribution < -0.4 is 15.4 Å². The van der Waals surface area contributed by atoms with Crippen LogP contribution >= 0.6 is 0 Å². The van der Waals surface area contributed by atoms with Gasteiger partial charge >= 0.3 is 6.61 Å². The first-order valence-electron chi connectivity index (χ1n) is 10.8. The maximum Gasteiger partial charge on any atom is 0.387 e. The fourth-order valence-electron chi connectivity index (χ4n) is 3.27. The Morgan fingerprint density at radius 2 is 1.85 bits per heavy atom. The van der Waals surface area contributed by atoms with Crippen LogP contribution in [0, 0.1) is 11.2 Å². The highest BCUT2D eigenvalue weighted by Gasteiger charge is 2.24. The van der Waals surface area contributed by atoms with Gasteiger partial charge in [0.1, 0.15) is 11.6 Å². The zero-order valence-electron chi connectivity index (χ0n) is 19.5. The van der Waals surface area contributed by atoms with Crippen LogP contribution in [0.25, 0.3) is 5.57 Å². The van der Waals surface area contributed by atoms with E-state index in [1.165, 1.54) is 30.3 Å². The van der Waals surface area contributed by atoms with Crippen molar-refractivity contribution in [1.82, 2.24) is 9.97 Å². The number of hydrogen-bond donors (Lipinski definition) is 2. The lowest BCUT2D eigenvalue weighted by molar-refractivity contribution is -0.0498. The Labute approximate surface area is 196 Å². The van der Waals surface area contributed by atoms with Gasteiger partial charge in [0, 0.05) is 24.9 Å². The monoisotopic (exact) mass is 478 g/mol. The molecule has 1 aliphatic rings. The van der Waals surface area contributed by atoms with Crippen molar-refractivity contribution in [2.75, 3.05) is 18.0 Å². The van der Waals surface area contributed by atoms with E-state index < -0.39 is 12.4 Å². The Morgan fingerprint density at radius 1 is 1.24 bits per heavy atom. The van der Waals surface area contributed by atoms with Crippen LogP contribution in [0.2, 0.25) is 0 Å². The van der Waals surface area contributed by atoms with Gasteiger partial charge in [0.2, 0.25) is 5.95 Å². The van der Waals surface area contributed by atoms with Crippen molar-refractivity contribution >= 4 is 29.4 Å². The van der Waals surface area contributed by atoms with Crippen LogP contribution in [0.3, 0.4) is 0 Å². The van der Waals surface area contributed by atoms with Gasteiger partial charge in [0.05, 0.1) is 18.4 Å². The molecule has 2 heterocycles. The lowest BCUT2D eigenvalue weighted by atomic mass is 10.1. The Morgan fingerprint density at radius 3 is 2.41 bits per heavy atom. The van der Waals surface area contributed by atoms with Crippen molar-refractivity contribution in [3.8, 4) is 5.75 Å². The topological polar surface area (TPSA) is 110 Å². The van der Waals surface area contributed by atoms with E-state index in [0.717, 1.165) is 12.4 Å². The van der Waals surface area contributed by atoms with Crippen molar-refractivity contribution in [2.24, 2.45) is 10.7 Å². The summed E-state index contributed by atoms with van der Waals surface area (Å²) in [6.07, 6.45) is 3.35. The highest BCUT2D eigenvalue weighted by molar-refractivity contribution is 6.15. The number of alkyl halides is 2. The number of ether oxygens (including phenoxy) is 2. The first-order chi connectivity index (χ1) is 16.2. The Balaban J connectivity index is 0.00000199. The first-order valence-corrected chi connectivity index (χ1v) is 10.8. The molecular formula is C23H29F3N6O2. The van der Waals surface area contributed by atoms with Crippen LogP contribution in [0.5, 0.6) is 5.75 Å². The number of nitrogens with zero attached hydrogens (tertiary/aromatic N) is 4. The van der Waals surface area contributed by atoms with Crippen molar-refractivity contribution in [3.63, 3.8) is 0 Å². The maximum absolute atomic E-state index is 14.3. The molecule has 0 aliphatic carbocycles. The van der Waals surface area contributed by atoms with Gasteiger partial charge in [0.25, 0.3) is 0 Å². The number of aliphatic imine (C=N–C) groups is 1. The van der Waals surface area contributed by atoms with Crippen molar-refractivity contribution in [2.45, 2.75) is 46.5 Å². The molecule has 3 N–H and O–H groups in total. The third-order valence-electron chi connectivity index (χ3n) is 4.52. The van der Waals surface area contributed by atoms with Crippen LogP contribution in [-0.2, 0) is 4.74 Å². The summed E-state index contributed by atoms with van der Waals surface area (Å²) >= 11 is 0. The van der Waals surface area contributed by atoms with Crippen LogP contribution in [0.15, 0.2) is 41.5 Å². The zero-order valence-corrected chi connectivity index (χ0v) is 19.5. The fourth-order valence-corrected chi connectivity index (χ4v) is 3.27. The molecule has 0 spiro atoms. The second kappa shape index (κ2) is 12.7. The number of amidine groups is 1. The summed E-state index contributed by atoms with van der Waals surface area (Å²) in [4.78, 5) is 14.2. The molecule has 34 heavy (non-hydrogen) atoms. The largest absolute Gasteiger partial charge is 0.435 e. The van der Waals surface area contributed by atoms with Gasteiger partial charge in [-0.2, -0.15) is 13.8 Å². The quantitative estimate of drug-likeness (QED) is 0.445. The van der Waals surface area contributed by atoms with E-state index in [0.29, 0.717) is 30.2 Å². The van der Waals surface area contributed by atoms with Crippen LogP contribution in [0.1, 0.15) is 33.3 Å². The van der Waals surface area contributed by atoms with Gasteiger partial charge < -0.3 is 25.5 Å².